The number of benzene rings is 2. The van der Waals surface area contributed by atoms with Crippen LogP contribution in [0.25, 0.3) is 0 Å². The molecule has 27 heavy (non-hydrogen) atoms. The van der Waals surface area contributed by atoms with Crippen LogP contribution in [0.2, 0.25) is 5.02 Å². The summed E-state index contributed by atoms with van der Waals surface area (Å²) >= 11 is 6.09. The Hall–Kier alpha value is -1.79. The minimum absolute atomic E-state index is 0.230. The Morgan fingerprint density at radius 2 is 1.85 bits per heavy atom. The summed E-state index contributed by atoms with van der Waals surface area (Å²) in [6.07, 6.45) is 0. The van der Waals surface area contributed by atoms with Crippen LogP contribution < -0.4 is 14.8 Å². The first-order valence-corrected chi connectivity index (χ1v) is 9.58. The first-order chi connectivity index (χ1) is 13.2. The van der Waals surface area contributed by atoms with Crippen molar-refractivity contribution in [3.05, 3.63) is 58.6 Å². The van der Waals surface area contributed by atoms with Gasteiger partial charge in [0.1, 0.15) is 0 Å². The molecule has 3 rings (SSSR count). The van der Waals surface area contributed by atoms with E-state index in [1.165, 1.54) is 11.1 Å². The van der Waals surface area contributed by atoms with Gasteiger partial charge in [0, 0.05) is 37.2 Å². The normalized spacial score (nSPS) is 16.1. The van der Waals surface area contributed by atoms with Gasteiger partial charge in [-0.1, -0.05) is 29.8 Å². The third-order valence-electron chi connectivity index (χ3n) is 4.83. The molecule has 1 N–H and O–H groups in total. The molecule has 1 saturated heterocycles. The Kier molecular flexibility index (Phi) is 7.35. The predicted molar refractivity (Wildman–Crippen MR) is 108 cm³/mol. The van der Waals surface area contributed by atoms with E-state index in [2.05, 4.69) is 28.4 Å². The molecule has 1 unspecified atom stereocenters. The number of hydrogen-bond acceptors (Lipinski definition) is 5. The summed E-state index contributed by atoms with van der Waals surface area (Å²) in [7, 11) is 3.33. The first-order valence-electron chi connectivity index (χ1n) is 9.20. The summed E-state index contributed by atoms with van der Waals surface area (Å²) < 4.78 is 16.4. The van der Waals surface area contributed by atoms with Gasteiger partial charge in [0.2, 0.25) is 0 Å². The van der Waals surface area contributed by atoms with Gasteiger partial charge in [0.05, 0.1) is 27.4 Å². The van der Waals surface area contributed by atoms with Crippen LogP contribution in [0.1, 0.15) is 17.2 Å². The molecule has 5 nitrogen and oxygen atoms in total. The zero-order chi connectivity index (χ0) is 19.1. The van der Waals surface area contributed by atoms with E-state index >= 15 is 0 Å². The fourth-order valence-electron chi connectivity index (χ4n) is 3.41. The third-order valence-corrected chi connectivity index (χ3v) is 5.07. The number of morpholine rings is 1. The van der Waals surface area contributed by atoms with E-state index < -0.39 is 0 Å². The largest absolute Gasteiger partial charge is 0.493 e. The van der Waals surface area contributed by atoms with Crippen LogP contribution in [0.15, 0.2) is 42.5 Å². The van der Waals surface area contributed by atoms with E-state index in [1.807, 2.05) is 24.3 Å². The van der Waals surface area contributed by atoms with Crippen LogP contribution in [-0.4, -0.2) is 52.0 Å². The van der Waals surface area contributed by atoms with Gasteiger partial charge in [-0.15, -0.1) is 0 Å². The van der Waals surface area contributed by atoms with Crippen molar-refractivity contribution in [2.45, 2.75) is 12.6 Å². The van der Waals surface area contributed by atoms with Gasteiger partial charge in [-0.25, -0.2) is 0 Å². The van der Waals surface area contributed by atoms with Crippen molar-refractivity contribution in [1.29, 1.82) is 0 Å². The highest BCUT2D eigenvalue weighted by Gasteiger charge is 2.23. The molecule has 0 saturated carbocycles. The van der Waals surface area contributed by atoms with Gasteiger partial charge in [-0.05, 0) is 35.4 Å². The molecule has 6 heteroatoms. The molecular weight excluding hydrogens is 364 g/mol. The number of rotatable bonds is 8. The molecule has 0 aliphatic carbocycles. The summed E-state index contributed by atoms with van der Waals surface area (Å²) in [4.78, 5) is 2.45. The molecular formula is C21H27ClN2O3. The summed E-state index contributed by atoms with van der Waals surface area (Å²) in [5.74, 6) is 1.50. The minimum Gasteiger partial charge on any atom is -0.493 e. The Bertz CT molecular complexity index is 735. The number of ether oxygens (including phenoxy) is 3. The maximum atomic E-state index is 6.09. The van der Waals surface area contributed by atoms with Gasteiger partial charge in [0.15, 0.2) is 11.5 Å². The smallest absolute Gasteiger partial charge is 0.161 e. The van der Waals surface area contributed by atoms with Gasteiger partial charge in [0.25, 0.3) is 0 Å². The van der Waals surface area contributed by atoms with Crippen molar-refractivity contribution in [2.24, 2.45) is 0 Å². The molecule has 0 aromatic heterocycles. The number of nitrogens with zero attached hydrogens (tertiary/aromatic N) is 1. The predicted octanol–water partition coefficient (Wildman–Crippen LogP) is 3.52. The van der Waals surface area contributed by atoms with Crippen LogP contribution in [0.5, 0.6) is 11.5 Å². The minimum atomic E-state index is 0.230. The summed E-state index contributed by atoms with van der Waals surface area (Å²) in [5, 5.41) is 4.34. The second kappa shape index (κ2) is 9.95. The van der Waals surface area contributed by atoms with Gasteiger partial charge >= 0.3 is 0 Å². The van der Waals surface area contributed by atoms with E-state index in [-0.39, 0.29) is 6.04 Å². The number of halogens is 1. The van der Waals surface area contributed by atoms with E-state index in [9.17, 15) is 0 Å². The number of nitrogens with one attached hydrogen (secondary N) is 1. The van der Waals surface area contributed by atoms with Crippen LogP contribution >= 0.6 is 11.6 Å². The van der Waals surface area contributed by atoms with Crippen molar-refractivity contribution < 1.29 is 14.2 Å². The highest BCUT2D eigenvalue weighted by atomic mass is 35.5. The molecule has 0 bridgehead atoms. The number of methoxy groups -OCH3 is 2. The monoisotopic (exact) mass is 390 g/mol. The average Bonchev–Trinajstić information content (AvgIpc) is 2.71. The summed E-state index contributed by atoms with van der Waals surface area (Å²) in [6, 6.07) is 14.3. The third kappa shape index (κ3) is 5.36. The quantitative estimate of drug-likeness (QED) is 0.747. The lowest BCUT2D eigenvalue weighted by atomic mass is 10.0. The van der Waals surface area contributed by atoms with Crippen molar-refractivity contribution in [3.63, 3.8) is 0 Å². The zero-order valence-corrected chi connectivity index (χ0v) is 16.7. The average molecular weight is 391 g/mol. The highest BCUT2D eigenvalue weighted by Crippen LogP contribution is 2.32. The second-order valence-electron chi connectivity index (χ2n) is 6.54. The van der Waals surface area contributed by atoms with Crippen LogP contribution in [0.4, 0.5) is 0 Å². The van der Waals surface area contributed by atoms with E-state index in [0.29, 0.717) is 0 Å². The Morgan fingerprint density at radius 1 is 1.07 bits per heavy atom. The standard InChI is InChI=1S/C21H27ClN2O3/c1-25-20-7-6-17(13-21(20)26-2)19(24-8-10-27-11-9-24)15-23-14-16-4-3-5-18(22)12-16/h3-7,12-13,19,23H,8-11,14-15H2,1-2H3. The van der Waals surface area contributed by atoms with Crippen LogP contribution in [0, 0.1) is 0 Å². The van der Waals surface area contributed by atoms with Gasteiger partial charge in [-0.2, -0.15) is 0 Å². The molecule has 0 radical (unpaired) electrons. The Labute approximate surface area is 166 Å². The van der Waals surface area contributed by atoms with Gasteiger partial charge < -0.3 is 19.5 Å². The molecule has 1 fully saturated rings. The van der Waals surface area contributed by atoms with Gasteiger partial charge in [-0.3, -0.25) is 4.90 Å². The summed E-state index contributed by atoms with van der Waals surface area (Å²) in [5.41, 5.74) is 2.38. The Balaban J connectivity index is 1.74. The number of hydrogen-bond donors (Lipinski definition) is 1. The second-order valence-corrected chi connectivity index (χ2v) is 6.98. The maximum Gasteiger partial charge on any atom is 0.161 e. The fraction of sp³-hybridized carbons (Fsp3) is 0.429. The summed E-state index contributed by atoms with van der Waals surface area (Å²) in [6.45, 7) is 4.95. The van der Waals surface area contributed by atoms with Crippen molar-refractivity contribution >= 4 is 11.6 Å². The van der Waals surface area contributed by atoms with E-state index in [1.54, 1.807) is 14.2 Å². The lowest BCUT2D eigenvalue weighted by Crippen LogP contribution is -2.42. The maximum absolute atomic E-state index is 6.09. The van der Waals surface area contributed by atoms with Crippen LogP contribution in [0.3, 0.4) is 0 Å². The SMILES string of the molecule is COc1ccc(C(CNCc2cccc(Cl)c2)N2CCOCC2)cc1OC. The highest BCUT2D eigenvalue weighted by molar-refractivity contribution is 6.30. The Morgan fingerprint density at radius 3 is 2.56 bits per heavy atom. The lowest BCUT2D eigenvalue weighted by Gasteiger charge is -2.35. The van der Waals surface area contributed by atoms with Crippen molar-refractivity contribution in [1.82, 2.24) is 10.2 Å². The molecule has 0 spiro atoms. The van der Waals surface area contributed by atoms with Crippen molar-refractivity contribution in [2.75, 3.05) is 47.1 Å². The van der Waals surface area contributed by atoms with E-state index in [4.69, 9.17) is 25.8 Å². The molecule has 1 heterocycles. The molecule has 1 aliphatic rings. The fourth-order valence-corrected chi connectivity index (χ4v) is 3.62. The van der Waals surface area contributed by atoms with E-state index in [0.717, 1.165) is 55.9 Å². The molecule has 1 atom stereocenters. The molecule has 2 aromatic rings. The van der Waals surface area contributed by atoms with Crippen molar-refractivity contribution in [3.8, 4) is 11.5 Å². The molecule has 0 amide bonds. The lowest BCUT2D eigenvalue weighted by molar-refractivity contribution is 0.0160. The molecule has 146 valence electrons. The topological polar surface area (TPSA) is 43.0 Å². The zero-order valence-electron chi connectivity index (χ0n) is 15.9. The molecule has 1 aliphatic heterocycles. The first kappa shape index (κ1) is 20.0. The van der Waals surface area contributed by atoms with Crippen LogP contribution in [-0.2, 0) is 11.3 Å². The molecule has 2 aromatic carbocycles.